The van der Waals surface area contributed by atoms with E-state index >= 15 is 0 Å². The highest BCUT2D eigenvalue weighted by Gasteiger charge is 2.17. The van der Waals surface area contributed by atoms with Crippen molar-refractivity contribution in [3.8, 4) is 11.1 Å². The second-order valence-corrected chi connectivity index (χ2v) is 8.45. The van der Waals surface area contributed by atoms with Crippen LogP contribution in [0.15, 0.2) is 60.8 Å². The average Bonchev–Trinajstić information content (AvgIpc) is 3.14. The topological polar surface area (TPSA) is 98.7 Å². The minimum absolute atomic E-state index is 0.280. The molecule has 0 saturated carbocycles. The Labute approximate surface area is 192 Å². The summed E-state index contributed by atoms with van der Waals surface area (Å²) in [4.78, 5) is 36.2. The number of carbonyl (C=O) groups is 3. The summed E-state index contributed by atoms with van der Waals surface area (Å²) < 4.78 is 11.7. The van der Waals surface area contributed by atoms with E-state index in [1.165, 1.54) is 7.11 Å². The molecule has 0 aliphatic rings. The van der Waals surface area contributed by atoms with Gasteiger partial charge in [-0.25, -0.2) is 9.59 Å². The molecule has 0 fully saturated rings. The lowest BCUT2D eigenvalue weighted by molar-refractivity contribution is 0.0598. The van der Waals surface area contributed by atoms with E-state index in [4.69, 9.17) is 4.74 Å². The normalized spacial score (nSPS) is 10.9. The van der Waals surface area contributed by atoms with Crippen LogP contribution in [-0.2, 0) is 16.5 Å². The maximum atomic E-state index is 12.8. The van der Waals surface area contributed by atoms with Gasteiger partial charge in [-0.1, -0.05) is 12.1 Å². The summed E-state index contributed by atoms with van der Waals surface area (Å²) in [5.41, 5.74) is 3.22. The first-order valence-corrected chi connectivity index (χ1v) is 10.3. The third-order valence-electron chi connectivity index (χ3n) is 4.66. The quantitative estimate of drug-likeness (QED) is 0.530. The van der Waals surface area contributed by atoms with Crippen LogP contribution in [0.5, 0.6) is 0 Å². The summed E-state index contributed by atoms with van der Waals surface area (Å²) in [6, 6.07) is 15.5. The van der Waals surface area contributed by atoms with E-state index in [0.29, 0.717) is 22.6 Å². The SMILES string of the molecule is COC(=O)c1ccc(NC(=O)c2cc(-c3ccc(NC(=O)OC(C)(C)C)cc3)cn2C)cc1. The zero-order chi connectivity index (χ0) is 24.2. The van der Waals surface area contributed by atoms with Gasteiger partial charge in [-0.3, -0.25) is 10.1 Å². The van der Waals surface area contributed by atoms with Gasteiger partial charge in [0.05, 0.1) is 12.7 Å². The maximum absolute atomic E-state index is 12.8. The lowest BCUT2D eigenvalue weighted by Crippen LogP contribution is -2.27. The Morgan fingerprint density at radius 2 is 1.42 bits per heavy atom. The first-order valence-electron chi connectivity index (χ1n) is 10.3. The van der Waals surface area contributed by atoms with Crippen LogP contribution in [0.1, 0.15) is 41.6 Å². The van der Waals surface area contributed by atoms with Crippen molar-refractivity contribution >= 4 is 29.3 Å². The molecule has 0 atom stereocenters. The Morgan fingerprint density at radius 1 is 0.848 bits per heavy atom. The van der Waals surface area contributed by atoms with Gasteiger partial charge in [0.15, 0.2) is 0 Å². The molecule has 0 spiro atoms. The zero-order valence-corrected chi connectivity index (χ0v) is 19.3. The van der Waals surface area contributed by atoms with Crippen molar-refractivity contribution in [2.75, 3.05) is 17.7 Å². The Hall–Kier alpha value is -4.07. The van der Waals surface area contributed by atoms with E-state index in [9.17, 15) is 14.4 Å². The van der Waals surface area contributed by atoms with Crippen LogP contribution in [0.4, 0.5) is 16.2 Å². The molecule has 2 amide bonds. The van der Waals surface area contributed by atoms with Gasteiger partial charge < -0.3 is 19.4 Å². The van der Waals surface area contributed by atoms with Crippen molar-refractivity contribution in [1.29, 1.82) is 0 Å². The third kappa shape index (κ3) is 6.22. The molecular formula is C25H27N3O5. The van der Waals surface area contributed by atoms with Crippen LogP contribution < -0.4 is 10.6 Å². The molecule has 2 aromatic carbocycles. The average molecular weight is 450 g/mol. The van der Waals surface area contributed by atoms with Crippen LogP contribution in [0.2, 0.25) is 0 Å². The summed E-state index contributed by atoms with van der Waals surface area (Å²) in [5, 5.41) is 5.52. The van der Waals surface area contributed by atoms with E-state index in [0.717, 1.165) is 11.1 Å². The summed E-state index contributed by atoms with van der Waals surface area (Å²) in [6.45, 7) is 5.41. The highest BCUT2D eigenvalue weighted by molar-refractivity contribution is 6.04. The van der Waals surface area contributed by atoms with Crippen LogP contribution >= 0.6 is 0 Å². The van der Waals surface area contributed by atoms with E-state index < -0.39 is 17.7 Å². The molecule has 33 heavy (non-hydrogen) atoms. The number of ether oxygens (including phenoxy) is 2. The highest BCUT2D eigenvalue weighted by Crippen LogP contribution is 2.24. The van der Waals surface area contributed by atoms with Gasteiger partial charge in [-0.2, -0.15) is 0 Å². The number of aromatic nitrogens is 1. The molecule has 0 unspecified atom stereocenters. The van der Waals surface area contributed by atoms with Crippen molar-refractivity contribution in [3.05, 3.63) is 72.1 Å². The second kappa shape index (κ2) is 9.60. The molecule has 8 heteroatoms. The lowest BCUT2D eigenvalue weighted by atomic mass is 10.1. The summed E-state index contributed by atoms with van der Waals surface area (Å²) in [7, 11) is 3.10. The Balaban J connectivity index is 1.68. The van der Waals surface area contributed by atoms with Gasteiger partial charge in [0.25, 0.3) is 5.91 Å². The molecule has 2 N–H and O–H groups in total. The van der Waals surface area contributed by atoms with Gasteiger partial charge in [0.2, 0.25) is 0 Å². The van der Waals surface area contributed by atoms with Gasteiger partial charge in [0.1, 0.15) is 11.3 Å². The summed E-state index contributed by atoms with van der Waals surface area (Å²) >= 11 is 0. The summed E-state index contributed by atoms with van der Waals surface area (Å²) in [5.74, 6) is -0.718. The number of carbonyl (C=O) groups excluding carboxylic acids is 3. The number of hydrogen-bond donors (Lipinski definition) is 2. The predicted octanol–water partition coefficient (Wildman–Crippen LogP) is 5.08. The molecule has 8 nitrogen and oxygen atoms in total. The minimum atomic E-state index is -0.575. The number of nitrogens with zero attached hydrogens (tertiary/aromatic N) is 1. The second-order valence-electron chi connectivity index (χ2n) is 8.45. The fourth-order valence-corrected chi connectivity index (χ4v) is 3.12. The van der Waals surface area contributed by atoms with Crippen LogP contribution in [0.3, 0.4) is 0 Å². The number of anilines is 2. The van der Waals surface area contributed by atoms with Crippen molar-refractivity contribution in [2.45, 2.75) is 26.4 Å². The van der Waals surface area contributed by atoms with Gasteiger partial charge in [-0.15, -0.1) is 0 Å². The van der Waals surface area contributed by atoms with Crippen molar-refractivity contribution in [3.63, 3.8) is 0 Å². The third-order valence-corrected chi connectivity index (χ3v) is 4.66. The lowest BCUT2D eigenvalue weighted by Gasteiger charge is -2.19. The largest absolute Gasteiger partial charge is 0.465 e. The minimum Gasteiger partial charge on any atom is -0.465 e. The number of amides is 2. The number of hydrogen-bond acceptors (Lipinski definition) is 5. The molecule has 0 saturated heterocycles. The number of nitrogens with one attached hydrogen (secondary N) is 2. The monoisotopic (exact) mass is 449 g/mol. The Bertz CT molecular complexity index is 1160. The first-order chi connectivity index (χ1) is 15.6. The van der Waals surface area contributed by atoms with Gasteiger partial charge in [0, 0.05) is 30.2 Å². The van der Waals surface area contributed by atoms with Crippen LogP contribution in [0, 0.1) is 0 Å². The molecule has 172 valence electrons. The van der Waals surface area contributed by atoms with E-state index in [-0.39, 0.29) is 5.91 Å². The number of esters is 1. The number of rotatable bonds is 5. The van der Waals surface area contributed by atoms with Crippen LogP contribution in [0.25, 0.3) is 11.1 Å². The molecule has 0 radical (unpaired) electrons. The van der Waals surface area contributed by atoms with E-state index in [1.807, 2.05) is 18.3 Å². The molecule has 3 aromatic rings. The van der Waals surface area contributed by atoms with Crippen molar-refractivity contribution in [2.24, 2.45) is 7.05 Å². The standard InChI is InChI=1S/C25H27N3O5/c1-25(2,3)33-24(31)27-20-10-6-16(7-11-20)18-14-21(28(4)15-18)22(29)26-19-12-8-17(9-13-19)23(30)32-5/h6-15H,1-5H3,(H,26,29)(H,27,31). The molecular weight excluding hydrogens is 422 g/mol. The first kappa shape index (κ1) is 23.6. The summed E-state index contributed by atoms with van der Waals surface area (Å²) in [6.07, 6.45) is 1.33. The fraction of sp³-hybridized carbons (Fsp3) is 0.240. The number of aryl methyl sites for hydroxylation is 1. The molecule has 1 heterocycles. The Kier molecular flexibility index (Phi) is 6.86. The number of benzene rings is 2. The predicted molar refractivity (Wildman–Crippen MR) is 126 cm³/mol. The molecule has 1 aromatic heterocycles. The number of methoxy groups -OCH3 is 1. The van der Waals surface area contributed by atoms with Crippen molar-refractivity contribution < 1.29 is 23.9 Å². The maximum Gasteiger partial charge on any atom is 0.412 e. The molecule has 0 aliphatic carbocycles. The van der Waals surface area contributed by atoms with Gasteiger partial charge >= 0.3 is 12.1 Å². The van der Waals surface area contributed by atoms with E-state index in [2.05, 4.69) is 15.4 Å². The van der Waals surface area contributed by atoms with Crippen LogP contribution in [-0.4, -0.2) is 35.2 Å². The fourth-order valence-electron chi connectivity index (χ4n) is 3.12. The van der Waals surface area contributed by atoms with Crippen molar-refractivity contribution in [1.82, 2.24) is 4.57 Å². The Morgan fingerprint density at radius 3 is 2.00 bits per heavy atom. The van der Waals surface area contributed by atoms with Gasteiger partial charge in [-0.05, 0) is 68.8 Å². The smallest absolute Gasteiger partial charge is 0.412 e. The zero-order valence-electron chi connectivity index (χ0n) is 19.3. The molecule has 0 bridgehead atoms. The molecule has 3 rings (SSSR count). The highest BCUT2D eigenvalue weighted by atomic mass is 16.6. The molecule has 0 aliphatic heterocycles. The van der Waals surface area contributed by atoms with E-state index in [1.54, 1.807) is 74.9 Å².